The summed E-state index contributed by atoms with van der Waals surface area (Å²) in [5.41, 5.74) is 0.149. The lowest BCUT2D eigenvalue weighted by molar-refractivity contribution is -0.137. The maximum atomic E-state index is 13.8. The van der Waals surface area contributed by atoms with Crippen molar-refractivity contribution in [3.8, 4) is 17.1 Å². The summed E-state index contributed by atoms with van der Waals surface area (Å²) in [5, 5.41) is 10.4. The fraction of sp³-hybridized carbons (Fsp3) is 0.227. The normalized spacial score (nSPS) is 14.0. The fourth-order valence-electron chi connectivity index (χ4n) is 3.71. The van der Waals surface area contributed by atoms with E-state index < -0.39 is 17.6 Å². The first kappa shape index (κ1) is 20.2. The third-order valence-electron chi connectivity index (χ3n) is 5.23. The molecule has 2 aromatic carbocycles. The minimum absolute atomic E-state index is 0.0734. The molecule has 0 atom stereocenters. The Kier molecular flexibility index (Phi) is 4.91. The average molecular weight is 443 g/mol. The summed E-state index contributed by atoms with van der Waals surface area (Å²) in [6, 6.07) is 9.32. The van der Waals surface area contributed by atoms with Crippen molar-refractivity contribution in [2.75, 3.05) is 11.9 Å². The number of rotatable bonds is 3. The Bertz CT molecular complexity index is 1300. The lowest BCUT2D eigenvalue weighted by Gasteiger charge is -2.16. The first-order valence-electron chi connectivity index (χ1n) is 10.0. The molecule has 0 saturated heterocycles. The zero-order valence-electron chi connectivity index (χ0n) is 16.6. The van der Waals surface area contributed by atoms with Gasteiger partial charge in [-0.05, 0) is 43.5 Å². The summed E-state index contributed by atoms with van der Waals surface area (Å²) < 4.78 is 60.4. The molecule has 0 aliphatic carbocycles. The smallest absolute Gasteiger partial charge is 0.417 e. The van der Waals surface area contributed by atoms with Gasteiger partial charge >= 0.3 is 6.18 Å². The molecule has 0 bridgehead atoms. The third-order valence-corrected chi connectivity index (χ3v) is 5.23. The van der Waals surface area contributed by atoms with Crippen LogP contribution >= 0.6 is 0 Å². The largest absolute Gasteiger partial charge is 0.488 e. The molecule has 1 aliphatic heterocycles. The van der Waals surface area contributed by atoms with Crippen molar-refractivity contribution < 1.29 is 22.3 Å². The van der Waals surface area contributed by atoms with Crippen LogP contribution in [0.15, 0.2) is 42.5 Å². The van der Waals surface area contributed by atoms with Gasteiger partial charge in [-0.2, -0.15) is 18.3 Å². The first-order valence-corrected chi connectivity index (χ1v) is 10.0. The maximum absolute atomic E-state index is 13.8. The van der Waals surface area contributed by atoms with E-state index in [1.54, 1.807) is 6.07 Å². The number of halogens is 4. The zero-order valence-corrected chi connectivity index (χ0v) is 16.6. The lowest BCUT2D eigenvalue weighted by atomic mass is 10.1. The highest BCUT2D eigenvalue weighted by Gasteiger charge is 2.34. The average Bonchev–Trinajstić information content (AvgIpc) is 2.99. The molecule has 6 nitrogen and oxygen atoms in total. The second-order valence-corrected chi connectivity index (χ2v) is 7.41. The lowest BCUT2D eigenvalue weighted by Crippen LogP contribution is -2.10. The number of hydrogen-bond acceptors (Lipinski definition) is 5. The van der Waals surface area contributed by atoms with E-state index in [1.807, 2.05) is 0 Å². The molecular weight excluding hydrogens is 426 g/mol. The number of nitrogens with one attached hydrogen (secondary N) is 2. The van der Waals surface area contributed by atoms with Gasteiger partial charge in [0.05, 0.1) is 23.4 Å². The Labute approximate surface area is 179 Å². The van der Waals surface area contributed by atoms with E-state index in [9.17, 15) is 17.6 Å². The van der Waals surface area contributed by atoms with Crippen molar-refractivity contribution in [1.29, 1.82) is 0 Å². The molecule has 0 spiro atoms. The number of aromatic nitrogens is 4. The van der Waals surface area contributed by atoms with Crippen LogP contribution in [0.4, 0.5) is 29.2 Å². The maximum Gasteiger partial charge on any atom is 0.417 e. The summed E-state index contributed by atoms with van der Waals surface area (Å²) in [4.78, 5) is 8.80. The molecule has 4 aromatic rings. The van der Waals surface area contributed by atoms with Crippen molar-refractivity contribution in [2.24, 2.45) is 0 Å². The van der Waals surface area contributed by atoms with Gasteiger partial charge in [-0.3, -0.25) is 5.10 Å². The zero-order chi connectivity index (χ0) is 22.3. The first-order chi connectivity index (χ1) is 15.4. The van der Waals surface area contributed by atoms with Gasteiger partial charge < -0.3 is 10.1 Å². The van der Waals surface area contributed by atoms with Crippen LogP contribution in [0.2, 0.25) is 0 Å². The SMILES string of the molecule is Fc1ccc2[nH]nc(Nc3nc(-c4ccccc4C(F)(F)F)nc4c3OCCCC4)c2c1. The molecule has 5 rings (SSSR count). The second-order valence-electron chi connectivity index (χ2n) is 7.41. The summed E-state index contributed by atoms with van der Waals surface area (Å²) >= 11 is 0. The minimum atomic E-state index is -4.56. The van der Waals surface area contributed by atoms with Gasteiger partial charge in [0.2, 0.25) is 0 Å². The van der Waals surface area contributed by atoms with Crippen molar-refractivity contribution in [3.63, 3.8) is 0 Å². The molecule has 0 amide bonds. The van der Waals surface area contributed by atoms with E-state index in [2.05, 4.69) is 25.5 Å². The number of H-pyrrole nitrogens is 1. The van der Waals surface area contributed by atoms with Crippen LogP contribution in [0.25, 0.3) is 22.3 Å². The highest BCUT2D eigenvalue weighted by molar-refractivity contribution is 5.91. The van der Waals surface area contributed by atoms with Gasteiger partial charge in [0.1, 0.15) is 5.82 Å². The number of fused-ring (bicyclic) bond motifs is 2. The van der Waals surface area contributed by atoms with Crippen LogP contribution < -0.4 is 10.1 Å². The molecule has 2 aromatic heterocycles. The molecule has 0 fully saturated rings. The highest BCUT2D eigenvalue weighted by Crippen LogP contribution is 2.39. The summed E-state index contributed by atoms with van der Waals surface area (Å²) in [6.45, 7) is 0.430. The van der Waals surface area contributed by atoms with Crippen LogP contribution in [-0.2, 0) is 12.6 Å². The highest BCUT2D eigenvalue weighted by atomic mass is 19.4. The van der Waals surface area contributed by atoms with Gasteiger partial charge in [-0.1, -0.05) is 18.2 Å². The van der Waals surface area contributed by atoms with Gasteiger partial charge in [0.15, 0.2) is 23.2 Å². The second kappa shape index (κ2) is 7.77. The Balaban J connectivity index is 1.66. The van der Waals surface area contributed by atoms with Crippen LogP contribution in [0, 0.1) is 5.82 Å². The molecule has 164 valence electrons. The molecule has 0 radical (unpaired) electrons. The van der Waals surface area contributed by atoms with Crippen molar-refractivity contribution >= 4 is 22.5 Å². The molecule has 32 heavy (non-hydrogen) atoms. The van der Waals surface area contributed by atoms with Crippen LogP contribution in [0.3, 0.4) is 0 Å². The Morgan fingerprint density at radius 1 is 1.00 bits per heavy atom. The fourth-order valence-corrected chi connectivity index (χ4v) is 3.71. The number of aromatic amines is 1. The molecular formula is C22H17F4N5O. The number of aryl methyl sites for hydroxylation is 1. The van der Waals surface area contributed by atoms with Crippen LogP contribution in [0.5, 0.6) is 5.75 Å². The van der Waals surface area contributed by atoms with Gasteiger partial charge in [-0.25, -0.2) is 14.4 Å². The monoisotopic (exact) mass is 443 g/mol. The standard InChI is InChI=1S/C22H17F4N5O/c23-12-8-9-16-14(11-12)20(31-30-16)29-21-18-17(7-3-4-10-32-18)27-19(28-21)13-5-1-2-6-15(13)22(24,25)26/h1-2,5-6,8-9,11H,3-4,7,10H2,(H2,27,28,29,30,31). The Morgan fingerprint density at radius 3 is 2.69 bits per heavy atom. The van der Waals surface area contributed by atoms with Gasteiger partial charge in [0.25, 0.3) is 0 Å². The predicted molar refractivity (Wildman–Crippen MR) is 110 cm³/mol. The van der Waals surface area contributed by atoms with E-state index in [4.69, 9.17) is 4.74 Å². The van der Waals surface area contributed by atoms with Gasteiger partial charge in [-0.15, -0.1) is 0 Å². The number of anilines is 2. The Morgan fingerprint density at radius 2 is 1.84 bits per heavy atom. The molecule has 3 heterocycles. The summed E-state index contributed by atoms with van der Waals surface area (Å²) in [6.07, 6.45) is -2.47. The van der Waals surface area contributed by atoms with Crippen molar-refractivity contribution in [1.82, 2.24) is 20.2 Å². The molecule has 10 heteroatoms. The predicted octanol–water partition coefficient (Wildman–Crippen LogP) is 5.64. The molecule has 0 unspecified atom stereocenters. The topological polar surface area (TPSA) is 75.7 Å². The summed E-state index contributed by atoms with van der Waals surface area (Å²) in [7, 11) is 0. The molecule has 1 aliphatic rings. The van der Waals surface area contributed by atoms with Crippen molar-refractivity contribution in [2.45, 2.75) is 25.4 Å². The number of nitrogens with zero attached hydrogens (tertiary/aromatic N) is 3. The van der Waals surface area contributed by atoms with E-state index in [1.165, 1.54) is 30.3 Å². The van der Waals surface area contributed by atoms with Crippen LogP contribution in [0.1, 0.15) is 24.1 Å². The van der Waals surface area contributed by atoms with Crippen LogP contribution in [-0.4, -0.2) is 26.8 Å². The third kappa shape index (κ3) is 3.72. The minimum Gasteiger partial charge on any atom is -0.488 e. The molecule has 0 saturated carbocycles. The van der Waals surface area contributed by atoms with Gasteiger partial charge in [0, 0.05) is 10.9 Å². The van der Waals surface area contributed by atoms with E-state index in [-0.39, 0.29) is 23.0 Å². The van der Waals surface area contributed by atoms with Crippen molar-refractivity contribution in [3.05, 3.63) is 59.5 Å². The number of hydrogen-bond donors (Lipinski definition) is 2. The number of benzene rings is 2. The summed E-state index contributed by atoms with van der Waals surface area (Å²) in [5.74, 6) is 0.309. The van der Waals surface area contributed by atoms with E-state index >= 15 is 0 Å². The quantitative estimate of drug-likeness (QED) is 0.401. The molecule has 2 N–H and O–H groups in total. The Hall–Kier alpha value is -3.69. The van der Waals surface area contributed by atoms with E-state index in [0.717, 1.165) is 18.9 Å². The van der Waals surface area contributed by atoms with E-state index in [0.29, 0.717) is 35.4 Å². The number of alkyl halides is 3. The number of ether oxygens (including phenoxy) is 1.